The molecule has 0 spiro atoms. The van der Waals surface area contributed by atoms with Gasteiger partial charge in [0.25, 0.3) is 0 Å². The van der Waals surface area contributed by atoms with Gasteiger partial charge >= 0.3 is 0 Å². The van der Waals surface area contributed by atoms with Crippen molar-refractivity contribution in [3.05, 3.63) is 52.5 Å². The predicted octanol–water partition coefficient (Wildman–Crippen LogP) is 4.55. The van der Waals surface area contributed by atoms with Gasteiger partial charge in [-0.3, -0.25) is 0 Å². The van der Waals surface area contributed by atoms with E-state index in [1.807, 2.05) is 37.3 Å². The van der Waals surface area contributed by atoms with Gasteiger partial charge in [0.2, 0.25) is 6.79 Å². The Hall–Kier alpha value is -1.87. The maximum atomic E-state index is 5.98. The average molecular weight is 290 g/mol. The molecule has 0 saturated heterocycles. The molecule has 4 heteroatoms. The lowest BCUT2D eigenvalue weighted by Gasteiger charge is -2.18. The van der Waals surface area contributed by atoms with E-state index in [-0.39, 0.29) is 6.04 Å². The maximum Gasteiger partial charge on any atom is 0.231 e. The van der Waals surface area contributed by atoms with E-state index in [0.717, 1.165) is 33.3 Å². The second-order valence-corrected chi connectivity index (χ2v) is 5.37. The van der Waals surface area contributed by atoms with Crippen molar-refractivity contribution in [2.24, 2.45) is 0 Å². The van der Waals surface area contributed by atoms with E-state index in [1.165, 1.54) is 0 Å². The van der Waals surface area contributed by atoms with Crippen molar-refractivity contribution >= 4 is 17.3 Å². The van der Waals surface area contributed by atoms with Crippen molar-refractivity contribution in [2.75, 3.05) is 12.1 Å². The van der Waals surface area contributed by atoms with Gasteiger partial charge in [0, 0.05) is 16.8 Å². The van der Waals surface area contributed by atoms with Crippen LogP contribution in [0, 0.1) is 6.92 Å². The lowest BCUT2D eigenvalue weighted by Crippen LogP contribution is -2.07. The van der Waals surface area contributed by atoms with Gasteiger partial charge in [-0.2, -0.15) is 0 Å². The van der Waals surface area contributed by atoms with Crippen LogP contribution < -0.4 is 14.8 Å². The number of anilines is 1. The molecule has 2 aromatic carbocycles. The zero-order valence-corrected chi connectivity index (χ0v) is 12.2. The molecule has 1 heterocycles. The highest BCUT2D eigenvalue weighted by Gasteiger charge is 2.16. The first-order chi connectivity index (χ1) is 9.63. The van der Waals surface area contributed by atoms with Crippen LogP contribution in [0.15, 0.2) is 36.4 Å². The fourth-order valence-electron chi connectivity index (χ4n) is 2.29. The van der Waals surface area contributed by atoms with Gasteiger partial charge in [-0.15, -0.1) is 0 Å². The minimum Gasteiger partial charge on any atom is -0.454 e. The molecule has 0 radical (unpaired) electrons. The third-order valence-electron chi connectivity index (χ3n) is 3.46. The number of rotatable bonds is 3. The van der Waals surface area contributed by atoms with Crippen LogP contribution in [-0.4, -0.2) is 6.79 Å². The Bertz CT molecular complexity index is 642. The molecule has 104 valence electrons. The van der Waals surface area contributed by atoms with E-state index in [2.05, 4.69) is 18.3 Å². The summed E-state index contributed by atoms with van der Waals surface area (Å²) in [6.45, 7) is 4.46. The highest BCUT2D eigenvalue weighted by atomic mass is 35.5. The highest BCUT2D eigenvalue weighted by Crippen LogP contribution is 2.35. The van der Waals surface area contributed by atoms with Crippen LogP contribution in [0.4, 0.5) is 5.69 Å². The van der Waals surface area contributed by atoms with E-state index in [9.17, 15) is 0 Å². The molecule has 1 atom stereocenters. The minimum atomic E-state index is 0.171. The van der Waals surface area contributed by atoms with Crippen LogP contribution in [0.3, 0.4) is 0 Å². The molecule has 0 amide bonds. The predicted molar refractivity (Wildman–Crippen MR) is 80.8 cm³/mol. The molecular weight excluding hydrogens is 274 g/mol. The Kier molecular flexibility index (Phi) is 3.45. The van der Waals surface area contributed by atoms with Crippen molar-refractivity contribution in [1.82, 2.24) is 0 Å². The van der Waals surface area contributed by atoms with Crippen LogP contribution in [0.5, 0.6) is 11.5 Å². The van der Waals surface area contributed by atoms with E-state index >= 15 is 0 Å². The Morgan fingerprint density at radius 1 is 1.10 bits per heavy atom. The molecule has 20 heavy (non-hydrogen) atoms. The molecule has 1 N–H and O–H groups in total. The number of benzene rings is 2. The first-order valence-electron chi connectivity index (χ1n) is 6.56. The van der Waals surface area contributed by atoms with Crippen molar-refractivity contribution in [1.29, 1.82) is 0 Å². The summed E-state index contributed by atoms with van der Waals surface area (Å²) in [7, 11) is 0. The summed E-state index contributed by atoms with van der Waals surface area (Å²) in [5.41, 5.74) is 3.37. The van der Waals surface area contributed by atoms with Gasteiger partial charge in [-0.05, 0) is 55.3 Å². The molecule has 0 bridgehead atoms. The Morgan fingerprint density at radius 3 is 2.70 bits per heavy atom. The molecule has 3 nitrogen and oxygen atoms in total. The highest BCUT2D eigenvalue weighted by molar-refractivity contribution is 6.30. The molecule has 0 aromatic heterocycles. The Labute approximate surface area is 123 Å². The second-order valence-electron chi connectivity index (χ2n) is 4.94. The number of ether oxygens (including phenoxy) is 2. The van der Waals surface area contributed by atoms with Crippen molar-refractivity contribution in [3.63, 3.8) is 0 Å². The first-order valence-corrected chi connectivity index (χ1v) is 6.93. The largest absolute Gasteiger partial charge is 0.454 e. The SMILES string of the molecule is Cc1cc(Cl)ccc1NC(C)c1ccc2c(c1)OCO2. The zero-order valence-electron chi connectivity index (χ0n) is 11.4. The average Bonchev–Trinajstić information content (AvgIpc) is 2.89. The van der Waals surface area contributed by atoms with Gasteiger partial charge in [0.1, 0.15) is 0 Å². The second kappa shape index (κ2) is 5.25. The Balaban J connectivity index is 1.80. The van der Waals surface area contributed by atoms with E-state index < -0.39 is 0 Å². The van der Waals surface area contributed by atoms with Gasteiger partial charge in [0.15, 0.2) is 11.5 Å². The number of halogens is 1. The number of nitrogens with one attached hydrogen (secondary N) is 1. The van der Waals surface area contributed by atoms with E-state index in [4.69, 9.17) is 21.1 Å². The summed E-state index contributed by atoms with van der Waals surface area (Å²) in [6, 6.07) is 12.0. The van der Waals surface area contributed by atoms with Crippen molar-refractivity contribution in [2.45, 2.75) is 19.9 Å². The lowest BCUT2D eigenvalue weighted by atomic mass is 10.1. The number of hydrogen-bond donors (Lipinski definition) is 1. The van der Waals surface area contributed by atoms with Gasteiger partial charge in [-0.25, -0.2) is 0 Å². The van der Waals surface area contributed by atoms with Gasteiger partial charge < -0.3 is 14.8 Å². The summed E-state index contributed by atoms with van der Waals surface area (Å²) in [6.07, 6.45) is 0. The molecule has 3 rings (SSSR count). The molecule has 0 fully saturated rings. The summed E-state index contributed by atoms with van der Waals surface area (Å²) in [5, 5.41) is 4.24. The van der Waals surface area contributed by atoms with Crippen LogP contribution in [0.25, 0.3) is 0 Å². The fraction of sp³-hybridized carbons (Fsp3) is 0.250. The van der Waals surface area contributed by atoms with Crippen LogP contribution >= 0.6 is 11.6 Å². The maximum absolute atomic E-state index is 5.98. The summed E-state index contributed by atoms with van der Waals surface area (Å²) in [5.74, 6) is 1.62. The molecule has 0 saturated carbocycles. The van der Waals surface area contributed by atoms with Crippen LogP contribution in [0.2, 0.25) is 5.02 Å². The standard InChI is InChI=1S/C16H16ClNO2/c1-10-7-13(17)4-5-14(10)18-11(2)12-3-6-15-16(8-12)20-9-19-15/h3-8,11,18H,9H2,1-2H3. The normalized spacial score (nSPS) is 14.2. The van der Waals surface area contributed by atoms with E-state index in [0.29, 0.717) is 6.79 Å². The monoisotopic (exact) mass is 289 g/mol. The molecule has 1 unspecified atom stereocenters. The quantitative estimate of drug-likeness (QED) is 0.899. The van der Waals surface area contributed by atoms with Crippen LogP contribution in [-0.2, 0) is 0 Å². The van der Waals surface area contributed by atoms with Crippen LogP contribution in [0.1, 0.15) is 24.1 Å². The van der Waals surface area contributed by atoms with Crippen molar-refractivity contribution in [3.8, 4) is 11.5 Å². The summed E-state index contributed by atoms with van der Waals surface area (Å²) in [4.78, 5) is 0. The third-order valence-corrected chi connectivity index (χ3v) is 3.69. The first kappa shape index (κ1) is 13.1. The molecule has 1 aliphatic heterocycles. The molecule has 1 aliphatic rings. The lowest BCUT2D eigenvalue weighted by molar-refractivity contribution is 0.174. The zero-order chi connectivity index (χ0) is 14.1. The summed E-state index contributed by atoms with van der Waals surface area (Å²) < 4.78 is 10.7. The number of fused-ring (bicyclic) bond motifs is 1. The number of hydrogen-bond acceptors (Lipinski definition) is 3. The minimum absolute atomic E-state index is 0.171. The number of aryl methyl sites for hydroxylation is 1. The topological polar surface area (TPSA) is 30.5 Å². The van der Waals surface area contributed by atoms with Gasteiger partial charge in [-0.1, -0.05) is 17.7 Å². The van der Waals surface area contributed by atoms with Crippen molar-refractivity contribution < 1.29 is 9.47 Å². The van der Waals surface area contributed by atoms with E-state index in [1.54, 1.807) is 0 Å². The summed E-state index contributed by atoms with van der Waals surface area (Å²) >= 11 is 5.98. The van der Waals surface area contributed by atoms with Gasteiger partial charge in [0.05, 0.1) is 0 Å². The Morgan fingerprint density at radius 2 is 1.90 bits per heavy atom. The fourth-order valence-corrected chi connectivity index (χ4v) is 2.51. The molecule has 2 aromatic rings. The molecule has 0 aliphatic carbocycles. The smallest absolute Gasteiger partial charge is 0.231 e. The molecular formula is C16H16ClNO2. The third kappa shape index (κ3) is 2.54.